The van der Waals surface area contributed by atoms with Crippen molar-refractivity contribution in [2.24, 2.45) is 7.05 Å². The molecular formula is C14H12N6O. The van der Waals surface area contributed by atoms with Crippen LogP contribution in [0.15, 0.2) is 48.9 Å². The standard InChI is InChI=1S/C14H12N6O/c1-20-9-12(18-19-20)17-14(21)11-5-2-4-10(8-11)13-15-6-3-7-16-13/h2-9H,1H3,(H,17,21). The highest BCUT2D eigenvalue weighted by Crippen LogP contribution is 2.16. The van der Waals surface area contributed by atoms with E-state index in [1.807, 2.05) is 6.07 Å². The van der Waals surface area contributed by atoms with Crippen LogP contribution < -0.4 is 5.32 Å². The predicted octanol–water partition coefficient (Wildman–Crippen LogP) is 1.52. The molecule has 0 saturated heterocycles. The molecule has 2 heterocycles. The summed E-state index contributed by atoms with van der Waals surface area (Å²) in [5, 5.41) is 10.3. The number of nitrogens with one attached hydrogen (secondary N) is 1. The van der Waals surface area contributed by atoms with Gasteiger partial charge in [0.25, 0.3) is 5.91 Å². The molecule has 0 aliphatic rings. The molecule has 1 amide bonds. The second-order valence-electron chi connectivity index (χ2n) is 4.38. The van der Waals surface area contributed by atoms with Crippen LogP contribution in [-0.2, 0) is 7.05 Å². The van der Waals surface area contributed by atoms with Crippen LogP contribution >= 0.6 is 0 Å². The van der Waals surface area contributed by atoms with Crippen molar-refractivity contribution in [3.8, 4) is 11.4 Å². The first-order chi connectivity index (χ1) is 10.2. The van der Waals surface area contributed by atoms with E-state index in [1.165, 1.54) is 4.68 Å². The van der Waals surface area contributed by atoms with E-state index in [0.717, 1.165) is 5.56 Å². The van der Waals surface area contributed by atoms with Crippen LogP contribution in [0.3, 0.4) is 0 Å². The lowest BCUT2D eigenvalue weighted by atomic mass is 10.1. The molecule has 1 N–H and O–H groups in total. The highest BCUT2D eigenvalue weighted by Gasteiger charge is 2.10. The molecule has 1 aromatic carbocycles. The van der Waals surface area contributed by atoms with Crippen LogP contribution in [0.5, 0.6) is 0 Å². The number of rotatable bonds is 3. The third-order valence-electron chi connectivity index (χ3n) is 2.79. The summed E-state index contributed by atoms with van der Waals surface area (Å²) in [6, 6.07) is 8.85. The summed E-state index contributed by atoms with van der Waals surface area (Å²) in [6.45, 7) is 0. The number of nitrogens with zero attached hydrogens (tertiary/aromatic N) is 5. The fourth-order valence-corrected chi connectivity index (χ4v) is 1.84. The van der Waals surface area contributed by atoms with Crippen LogP contribution in [0, 0.1) is 0 Å². The first-order valence-corrected chi connectivity index (χ1v) is 6.27. The maximum absolute atomic E-state index is 12.2. The van der Waals surface area contributed by atoms with Gasteiger partial charge in [-0.3, -0.25) is 9.48 Å². The van der Waals surface area contributed by atoms with E-state index in [2.05, 4.69) is 25.6 Å². The van der Waals surface area contributed by atoms with Crippen LogP contribution in [-0.4, -0.2) is 30.9 Å². The van der Waals surface area contributed by atoms with Crippen molar-refractivity contribution in [1.29, 1.82) is 0 Å². The Morgan fingerprint density at radius 2 is 2.00 bits per heavy atom. The molecule has 0 fully saturated rings. The monoisotopic (exact) mass is 280 g/mol. The summed E-state index contributed by atoms with van der Waals surface area (Å²) in [7, 11) is 1.73. The summed E-state index contributed by atoms with van der Waals surface area (Å²) in [4.78, 5) is 20.5. The average molecular weight is 280 g/mol. The summed E-state index contributed by atoms with van der Waals surface area (Å²) < 4.78 is 1.52. The normalized spacial score (nSPS) is 10.3. The maximum atomic E-state index is 12.2. The number of amides is 1. The Morgan fingerprint density at radius 1 is 1.19 bits per heavy atom. The van der Waals surface area contributed by atoms with Crippen LogP contribution in [0.2, 0.25) is 0 Å². The number of carbonyl (C=O) groups is 1. The highest BCUT2D eigenvalue weighted by molar-refractivity contribution is 6.04. The van der Waals surface area contributed by atoms with Gasteiger partial charge in [-0.25, -0.2) is 9.97 Å². The van der Waals surface area contributed by atoms with Crippen molar-refractivity contribution >= 4 is 11.7 Å². The van der Waals surface area contributed by atoms with E-state index in [1.54, 1.807) is 49.9 Å². The summed E-state index contributed by atoms with van der Waals surface area (Å²) >= 11 is 0. The first kappa shape index (κ1) is 12.9. The number of aromatic nitrogens is 5. The van der Waals surface area contributed by atoms with Crippen molar-refractivity contribution in [2.45, 2.75) is 0 Å². The smallest absolute Gasteiger partial charge is 0.256 e. The third-order valence-corrected chi connectivity index (χ3v) is 2.79. The molecule has 2 aromatic heterocycles. The van der Waals surface area contributed by atoms with E-state index < -0.39 is 0 Å². The van der Waals surface area contributed by atoms with Gasteiger partial charge in [0.05, 0.1) is 6.20 Å². The van der Waals surface area contributed by atoms with E-state index >= 15 is 0 Å². The fraction of sp³-hybridized carbons (Fsp3) is 0.0714. The minimum absolute atomic E-state index is 0.256. The molecule has 3 rings (SSSR count). The second kappa shape index (κ2) is 5.49. The third kappa shape index (κ3) is 2.92. The van der Waals surface area contributed by atoms with Crippen LogP contribution in [0.1, 0.15) is 10.4 Å². The van der Waals surface area contributed by atoms with Crippen molar-refractivity contribution < 1.29 is 4.79 Å². The Labute approximate surface area is 120 Å². The number of benzene rings is 1. The fourth-order valence-electron chi connectivity index (χ4n) is 1.84. The van der Waals surface area contributed by atoms with E-state index in [9.17, 15) is 4.79 Å². The molecule has 104 valence electrons. The van der Waals surface area contributed by atoms with Crippen molar-refractivity contribution in [1.82, 2.24) is 25.0 Å². The minimum Gasteiger partial charge on any atom is -0.304 e. The zero-order chi connectivity index (χ0) is 14.7. The molecule has 0 saturated carbocycles. The molecular weight excluding hydrogens is 268 g/mol. The Hall–Kier alpha value is -3.09. The Bertz CT molecular complexity index is 768. The van der Waals surface area contributed by atoms with Gasteiger partial charge in [-0.15, -0.1) is 5.10 Å². The predicted molar refractivity (Wildman–Crippen MR) is 76.4 cm³/mol. The Balaban J connectivity index is 1.84. The minimum atomic E-state index is -0.256. The molecule has 0 atom stereocenters. The average Bonchev–Trinajstić information content (AvgIpc) is 2.93. The zero-order valence-electron chi connectivity index (χ0n) is 11.3. The molecule has 21 heavy (non-hydrogen) atoms. The number of aryl methyl sites for hydroxylation is 1. The van der Waals surface area contributed by atoms with Crippen LogP contribution in [0.25, 0.3) is 11.4 Å². The number of hydrogen-bond donors (Lipinski definition) is 1. The van der Waals surface area contributed by atoms with Gasteiger partial charge in [0.15, 0.2) is 11.6 Å². The van der Waals surface area contributed by atoms with Gasteiger partial charge in [0, 0.05) is 30.6 Å². The maximum Gasteiger partial charge on any atom is 0.256 e. The van der Waals surface area contributed by atoms with E-state index in [-0.39, 0.29) is 5.91 Å². The van der Waals surface area contributed by atoms with Gasteiger partial charge in [0.2, 0.25) is 0 Å². The van der Waals surface area contributed by atoms with Gasteiger partial charge >= 0.3 is 0 Å². The molecule has 0 aliphatic heterocycles. The van der Waals surface area contributed by atoms with Crippen molar-refractivity contribution in [2.75, 3.05) is 5.32 Å². The summed E-state index contributed by atoms with van der Waals surface area (Å²) in [5.74, 6) is 0.726. The lowest BCUT2D eigenvalue weighted by Gasteiger charge is -2.04. The quantitative estimate of drug-likeness (QED) is 0.786. The first-order valence-electron chi connectivity index (χ1n) is 6.27. The van der Waals surface area contributed by atoms with E-state index in [0.29, 0.717) is 17.2 Å². The lowest BCUT2D eigenvalue weighted by Crippen LogP contribution is -2.12. The zero-order valence-corrected chi connectivity index (χ0v) is 11.3. The molecule has 0 bridgehead atoms. The highest BCUT2D eigenvalue weighted by atomic mass is 16.1. The van der Waals surface area contributed by atoms with Crippen molar-refractivity contribution in [3.63, 3.8) is 0 Å². The van der Waals surface area contributed by atoms with Gasteiger partial charge in [0.1, 0.15) is 0 Å². The summed E-state index contributed by atoms with van der Waals surface area (Å²) in [5.41, 5.74) is 1.29. The Morgan fingerprint density at radius 3 is 2.71 bits per heavy atom. The van der Waals surface area contributed by atoms with Crippen LogP contribution in [0.4, 0.5) is 5.82 Å². The molecule has 0 radical (unpaired) electrons. The van der Waals surface area contributed by atoms with Gasteiger partial charge < -0.3 is 5.32 Å². The van der Waals surface area contributed by atoms with Crippen molar-refractivity contribution in [3.05, 3.63) is 54.5 Å². The number of carbonyl (C=O) groups excluding carboxylic acids is 1. The Kier molecular flexibility index (Phi) is 3.38. The van der Waals surface area contributed by atoms with Gasteiger partial charge in [-0.05, 0) is 18.2 Å². The topological polar surface area (TPSA) is 85.6 Å². The number of hydrogen-bond acceptors (Lipinski definition) is 5. The lowest BCUT2D eigenvalue weighted by molar-refractivity contribution is 0.102. The molecule has 3 aromatic rings. The largest absolute Gasteiger partial charge is 0.304 e. The number of anilines is 1. The molecule has 7 nitrogen and oxygen atoms in total. The second-order valence-corrected chi connectivity index (χ2v) is 4.38. The molecule has 0 spiro atoms. The molecule has 0 aliphatic carbocycles. The summed E-state index contributed by atoms with van der Waals surface area (Å²) in [6.07, 6.45) is 4.95. The molecule has 7 heteroatoms. The van der Waals surface area contributed by atoms with E-state index in [4.69, 9.17) is 0 Å². The SMILES string of the molecule is Cn1cc(NC(=O)c2cccc(-c3ncccn3)c2)nn1. The van der Waals surface area contributed by atoms with Gasteiger partial charge in [-0.1, -0.05) is 17.3 Å². The molecule has 0 unspecified atom stereocenters. The van der Waals surface area contributed by atoms with Gasteiger partial charge in [-0.2, -0.15) is 0 Å².